The van der Waals surface area contributed by atoms with Gasteiger partial charge in [-0.1, -0.05) is 24.8 Å². The Bertz CT molecular complexity index is 871. The molecule has 0 aliphatic carbocycles. The van der Waals surface area contributed by atoms with Crippen molar-refractivity contribution in [3.63, 3.8) is 0 Å². The summed E-state index contributed by atoms with van der Waals surface area (Å²) in [5, 5.41) is 5.33. The van der Waals surface area contributed by atoms with E-state index in [1.54, 1.807) is 6.07 Å². The number of rotatable bonds is 2. The van der Waals surface area contributed by atoms with Crippen molar-refractivity contribution in [3.8, 4) is 0 Å². The van der Waals surface area contributed by atoms with Gasteiger partial charge >= 0.3 is 0 Å². The molecule has 0 aliphatic rings. The Morgan fingerprint density at radius 3 is 2.26 bits per heavy atom. The highest BCUT2D eigenvalue weighted by atomic mass is 32.2. The standard InChI is InChI=1S/C10H8NO5S3/c11-18(12,13)7-4-6-2-1-3-8(17)10(6)9(5-7)19(14,15)16/h1-5H,(H2,11,12,13)(H,14,15,16). The summed E-state index contributed by atoms with van der Waals surface area (Å²) in [6.45, 7) is 0. The number of nitrogens with two attached hydrogens (primary N) is 1. The first-order chi connectivity index (χ1) is 8.60. The van der Waals surface area contributed by atoms with Gasteiger partial charge in [-0.2, -0.15) is 8.42 Å². The number of fused-ring (bicyclic) bond motifs is 1. The quantitative estimate of drug-likeness (QED) is 0.810. The fourth-order valence-corrected chi connectivity index (χ4v) is 3.48. The van der Waals surface area contributed by atoms with Crippen LogP contribution in [0.2, 0.25) is 0 Å². The van der Waals surface area contributed by atoms with E-state index in [-0.39, 0.29) is 15.7 Å². The van der Waals surface area contributed by atoms with Crippen molar-refractivity contribution in [1.82, 2.24) is 0 Å². The van der Waals surface area contributed by atoms with Crippen molar-refractivity contribution >= 4 is 43.5 Å². The second-order valence-corrected chi connectivity index (χ2v) is 7.19. The maximum absolute atomic E-state index is 11.4. The molecule has 101 valence electrons. The molecule has 0 aromatic heterocycles. The zero-order valence-electron chi connectivity index (χ0n) is 9.27. The van der Waals surface area contributed by atoms with E-state index in [1.807, 2.05) is 0 Å². The van der Waals surface area contributed by atoms with Crippen LogP contribution >= 0.6 is 12.6 Å². The molecule has 9 heteroatoms. The summed E-state index contributed by atoms with van der Waals surface area (Å²) in [7, 11) is -8.72. The molecule has 2 rings (SSSR count). The molecule has 0 atom stereocenters. The summed E-state index contributed by atoms with van der Waals surface area (Å²) in [5.41, 5.74) is 0. The van der Waals surface area contributed by atoms with Crippen LogP contribution in [-0.4, -0.2) is 21.4 Å². The summed E-state index contributed by atoms with van der Waals surface area (Å²) in [4.78, 5) is -0.793. The van der Waals surface area contributed by atoms with Gasteiger partial charge < -0.3 is 0 Å². The minimum Gasteiger partial charge on any atom is -0.282 e. The van der Waals surface area contributed by atoms with Crippen LogP contribution in [0.1, 0.15) is 0 Å². The largest absolute Gasteiger partial charge is 0.295 e. The van der Waals surface area contributed by atoms with Crippen LogP contribution in [0.15, 0.2) is 45.0 Å². The highest BCUT2D eigenvalue weighted by Crippen LogP contribution is 2.31. The van der Waals surface area contributed by atoms with Crippen LogP contribution in [0.5, 0.6) is 0 Å². The summed E-state index contributed by atoms with van der Waals surface area (Å²) >= 11 is 4.99. The number of hydrogen-bond acceptors (Lipinski definition) is 4. The Balaban J connectivity index is 3.07. The molecule has 0 unspecified atom stereocenters. The van der Waals surface area contributed by atoms with Crippen LogP contribution in [0.4, 0.5) is 0 Å². The molecule has 0 aliphatic heterocycles. The van der Waals surface area contributed by atoms with Crippen LogP contribution in [0.25, 0.3) is 10.8 Å². The van der Waals surface area contributed by atoms with E-state index < -0.39 is 29.9 Å². The molecular formula is C10H8NO5S3. The molecule has 0 bridgehead atoms. The minimum atomic E-state index is -4.62. The van der Waals surface area contributed by atoms with E-state index in [0.29, 0.717) is 0 Å². The van der Waals surface area contributed by atoms with Crippen molar-refractivity contribution < 1.29 is 21.4 Å². The van der Waals surface area contributed by atoms with Crippen molar-refractivity contribution in [2.45, 2.75) is 14.7 Å². The lowest BCUT2D eigenvalue weighted by Gasteiger charge is -2.08. The molecule has 3 N–H and O–H groups in total. The first kappa shape index (κ1) is 14.2. The van der Waals surface area contributed by atoms with Gasteiger partial charge in [0.25, 0.3) is 10.1 Å². The van der Waals surface area contributed by atoms with Gasteiger partial charge in [-0.3, -0.25) is 4.55 Å². The molecule has 6 nitrogen and oxygen atoms in total. The Hall–Kier alpha value is -1.26. The Morgan fingerprint density at radius 1 is 1.11 bits per heavy atom. The smallest absolute Gasteiger partial charge is 0.282 e. The molecule has 0 saturated heterocycles. The SMILES string of the molecule is NS(=O)(=O)c1cc(S(=O)(=O)O)c2c([S])cccc2c1. The van der Waals surface area contributed by atoms with E-state index in [9.17, 15) is 21.4 Å². The van der Waals surface area contributed by atoms with Gasteiger partial charge in [0.2, 0.25) is 10.0 Å². The van der Waals surface area contributed by atoms with E-state index in [1.165, 1.54) is 18.2 Å². The minimum absolute atomic E-state index is 0.0902. The number of sulfonamides is 1. The van der Waals surface area contributed by atoms with Gasteiger partial charge in [-0.05, 0) is 23.6 Å². The lowest BCUT2D eigenvalue weighted by atomic mass is 10.1. The highest BCUT2D eigenvalue weighted by molar-refractivity contribution is 7.89. The fourth-order valence-electron chi connectivity index (χ4n) is 1.70. The number of hydrogen-bond donors (Lipinski definition) is 2. The van der Waals surface area contributed by atoms with E-state index in [2.05, 4.69) is 0 Å². The van der Waals surface area contributed by atoms with E-state index in [4.69, 9.17) is 17.8 Å². The summed E-state index contributed by atoms with van der Waals surface area (Å²) in [6, 6.07) is 6.50. The molecule has 1 radical (unpaired) electrons. The molecule has 2 aromatic rings. The second kappa shape index (κ2) is 4.39. The third-order valence-corrected chi connectivity index (χ3v) is 4.59. The Labute approximate surface area is 115 Å². The van der Waals surface area contributed by atoms with Gasteiger partial charge in [-0.15, -0.1) is 0 Å². The molecule has 2 aromatic carbocycles. The molecule has 0 heterocycles. The van der Waals surface area contributed by atoms with Crippen molar-refractivity contribution in [2.24, 2.45) is 5.14 Å². The van der Waals surface area contributed by atoms with Crippen LogP contribution in [0, 0.1) is 0 Å². The topological polar surface area (TPSA) is 115 Å². The molecule has 19 heavy (non-hydrogen) atoms. The molecule has 0 saturated carbocycles. The van der Waals surface area contributed by atoms with Crippen LogP contribution in [0.3, 0.4) is 0 Å². The Morgan fingerprint density at radius 2 is 1.74 bits per heavy atom. The van der Waals surface area contributed by atoms with Crippen LogP contribution in [-0.2, 0) is 20.1 Å². The van der Waals surface area contributed by atoms with Crippen molar-refractivity contribution in [1.29, 1.82) is 0 Å². The first-order valence-electron chi connectivity index (χ1n) is 4.85. The van der Waals surface area contributed by atoms with Gasteiger partial charge in [-0.25, -0.2) is 13.6 Å². The first-order valence-corrected chi connectivity index (χ1v) is 8.24. The molecular weight excluding hydrogens is 310 g/mol. The maximum atomic E-state index is 11.4. The lowest BCUT2D eigenvalue weighted by molar-refractivity contribution is 0.484. The summed E-state index contributed by atoms with van der Waals surface area (Å²) in [5.74, 6) is 0. The molecule has 0 spiro atoms. The highest BCUT2D eigenvalue weighted by Gasteiger charge is 2.20. The average molecular weight is 318 g/mol. The average Bonchev–Trinajstić information content (AvgIpc) is 2.25. The zero-order valence-corrected chi connectivity index (χ0v) is 11.7. The third kappa shape index (κ3) is 2.69. The molecule has 0 fully saturated rings. The van der Waals surface area contributed by atoms with Crippen molar-refractivity contribution in [2.75, 3.05) is 0 Å². The normalized spacial score (nSPS) is 12.7. The summed E-state index contributed by atoms with van der Waals surface area (Å²) < 4.78 is 54.5. The number of benzene rings is 2. The fraction of sp³-hybridized carbons (Fsp3) is 0. The van der Waals surface area contributed by atoms with E-state index >= 15 is 0 Å². The third-order valence-electron chi connectivity index (χ3n) is 2.48. The van der Waals surface area contributed by atoms with Crippen molar-refractivity contribution in [3.05, 3.63) is 30.3 Å². The van der Waals surface area contributed by atoms with Crippen LogP contribution < -0.4 is 5.14 Å². The maximum Gasteiger partial charge on any atom is 0.295 e. The number of primary sulfonamides is 1. The van der Waals surface area contributed by atoms with Gasteiger partial charge in [0.1, 0.15) is 4.90 Å². The predicted octanol–water partition coefficient (Wildman–Crippen LogP) is 1.29. The summed E-state index contributed by atoms with van der Waals surface area (Å²) in [6.07, 6.45) is 0. The molecule has 0 amide bonds. The van der Waals surface area contributed by atoms with Gasteiger partial charge in [0.05, 0.1) is 4.90 Å². The second-order valence-electron chi connectivity index (χ2n) is 3.80. The Kier molecular flexibility index (Phi) is 3.27. The predicted molar refractivity (Wildman–Crippen MR) is 71.0 cm³/mol. The van der Waals surface area contributed by atoms with Gasteiger partial charge in [0, 0.05) is 10.3 Å². The lowest BCUT2D eigenvalue weighted by Crippen LogP contribution is -2.13. The van der Waals surface area contributed by atoms with Gasteiger partial charge in [0.15, 0.2) is 0 Å². The van der Waals surface area contributed by atoms with E-state index in [0.717, 1.165) is 6.07 Å². The monoisotopic (exact) mass is 318 g/mol. The zero-order chi connectivity index (χ0) is 14.4.